The molecule has 0 spiro atoms. The van der Waals surface area contributed by atoms with Crippen LogP contribution in [0.3, 0.4) is 0 Å². The lowest BCUT2D eigenvalue weighted by Crippen LogP contribution is -2.14. The molecule has 19 heavy (non-hydrogen) atoms. The summed E-state index contributed by atoms with van der Waals surface area (Å²) in [5, 5.41) is 13.5. The third-order valence-electron chi connectivity index (χ3n) is 2.63. The van der Waals surface area contributed by atoms with Crippen LogP contribution in [0.15, 0.2) is 22.7 Å². The third kappa shape index (κ3) is 4.06. The van der Waals surface area contributed by atoms with Crippen molar-refractivity contribution in [2.24, 2.45) is 0 Å². The van der Waals surface area contributed by atoms with Gasteiger partial charge in [-0.15, -0.1) is 10.2 Å². The fourth-order valence-electron chi connectivity index (χ4n) is 1.64. The molecule has 0 saturated heterocycles. The quantitative estimate of drug-likeness (QED) is 0.813. The Bertz CT molecular complexity index is 544. The molecule has 6 heteroatoms. The fourth-order valence-corrected chi connectivity index (χ4v) is 2.90. The zero-order valence-electron chi connectivity index (χ0n) is 10.6. The summed E-state index contributed by atoms with van der Waals surface area (Å²) in [6.07, 6.45) is 1.97. The molecule has 0 saturated carbocycles. The summed E-state index contributed by atoms with van der Waals surface area (Å²) in [6.45, 7) is 4.08. The molecule has 1 N–H and O–H groups in total. The van der Waals surface area contributed by atoms with Gasteiger partial charge in [0.05, 0.1) is 4.47 Å². The molecular formula is C13H15BrFN3S. The molecule has 2 aromatic rings. The molecule has 0 fully saturated rings. The van der Waals surface area contributed by atoms with Gasteiger partial charge in [0, 0.05) is 12.0 Å². The number of nitrogens with one attached hydrogen (secondary N) is 1. The van der Waals surface area contributed by atoms with Crippen LogP contribution in [0.1, 0.15) is 18.4 Å². The predicted octanol–water partition coefficient (Wildman–Crippen LogP) is 3.65. The number of aromatic nitrogens is 2. The Labute approximate surface area is 124 Å². The minimum atomic E-state index is -0.265. The number of halogens is 2. The van der Waals surface area contributed by atoms with E-state index < -0.39 is 0 Å². The maximum Gasteiger partial charge on any atom is 0.147 e. The molecular weight excluding hydrogens is 329 g/mol. The summed E-state index contributed by atoms with van der Waals surface area (Å²) in [6, 6.07) is 4.90. The maximum atomic E-state index is 13.2. The van der Waals surface area contributed by atoms with E-state index in [4.69, 9.17) is 0 Å². The summed E-state index contributed by atoms with van der Waals surface area (Å²) < 4.78 is 13.6. The number of nitrogens with zero attached hydrogens (tertiary/aromatic N) is 2. The minimum absolute atomic E-state index is 0.265. The topological polar surface area (TPSA) is 37.8 Å². The van der Waals surface area contributed by atoms with E-state index in [1.165, 1.54) is 6.07 Å². The molecule has 1 aromatic carbocycles. The van der Waals surface area contributed by atoms with Gasteiger partial charge in [-0.05, 0) is 53.6 Å². The van der Waals surface area contributed by atoms with Gasteiger partial charge in [-0.3, -0.25) is 0 Å². The maximum absolute atomic E-state index is 13.2. The van der Waals surface area contributed by atoms with Crippen LogP contribution < -0.4 is 5.32 Å². The van der Waals surface area contributed by atoms with Crippen molar-refractivity contribution in [1.82, 2.24) is 15.5 Å². The minimum Gasteiger partial charge on any atom is -0.317 e. The summed E-state index contributed by atoms with van der Waals surface area (Å²) in [5.74, 6) is -0.265. The average molecular weight is 344 g/mol. The highest BCUT2D eigenvalue weighted by Crippen LogP contribution is 2.27. The summed E-state index contributed by atoms with van der Waals surface area (Å²) in [4.78, 5) is 0. The van der Waals surface area contributed by atoms with Crippen molar-refractivity contribution in [2.75, 3.05) is 13.1 Å². The van der Waals surface area contributed by atoms with Crippen LogP contribution >= 0.6 is 27.3 Å². The Morgan fingerprint density at radius 2 is 2.21 bits per heavy atom. The normalized spacial score (nSPS) is 10.9. The summed E-state index contributed by atoms with van der Waals surface area (Å²) >= 11 is 4.75. The summed E-state index contributed by atoms with van der Waals surface area (Å²) in [7, 11) is 0. The van der Waals surface area contributed by atoms with Crippen molar-refractivity contribution >= 4 is 27.3 Å². The lowest BCUT2D eigenvalue weighted by Gasteiger charge is -1.98. The average Bonchev–Trinajstić information content (AvgIpc) is 2.87. The van der Waals surface area contributed by atoms with E-state index in [0.717, 1.165) is 41.5 Å². The Balaban J connectivity index is 2.01. The Kier molecular flexibility index (Phi) is 5.42. The Morgan fingerprint density at radius 1 is 1.37 bits per heavy atom. The van der Waals surface area contributed by atoms with E-state index in [0.29, 0.717) is 4.47 Å². The van der Waals surface area contributed by atoms with E-state index in [9.17, 15) is 4.39 Å². The van der Waals surface area contributed by atoms with Crippen LogP contribution in [0.25, 0.3) is 10.6 Å². The molecule has 0 aliphatic carbocycles. The molecule has 3 nitrogen and oxygen atoms in total. The third-order valence-corrected chi connectivity index (χ3v) is 4.27. The van der Waals surface area contributed by atoms with Crippen molar-refractivity contribution in [2.45, 2.75) is 19.8 Å². The highest BCUT2D eigenvalue weighted by molar-refractivity contribution is 9.10. The van der Waals surface area contributed by atoms with Crippen molar-refractivity contribution in [3.05, 3.63) is 33.5 Å². The van der Waals surface area contributed by atoms with Crippen LogP contribution in [0, 0.1) is 5.82 Å². The zero-order chi connectivity index (χ0) is 13.7. The first-order valence-electron chi connectivity index (χ1n) is 6.19. The van der Waals surface area contributed by atoms with Gasteiger partial charge in [0.1, 0.15) is 15.8 Å². The standard InChI is InChI=1S/C13H15BrFN3S/c1-2-16-7-3-4-12-17-18-13(19-12)9-5-6-11(15)10(14)8-9/h5-6,8,16H,2-4,7H2,1H3. The molecule has 2 rings (SSSR count). The van der Waals surface area contributed by atoms with E-state index in [1.807, 2.05) is 0 Å². The molecule has 0 amide bonds. The first-order chi connectivity index (χ1) is 9.20. The van der Waals surface area contributed by atoms with E-state index in [-0.39, 0.29) is 5.82 Å². The van der Waals surface area contributed by atoms with Gasteiger partial charge in [-0.2, -0.15) is 0 Å². The predicted molar refractivity (Wildman–Crippen MR) is 79.9 cm³/mol. The highest BCUT2D eigenvalue weighted by atomic mass is 79.9. The van der Waals surface area contributed by atoms with Gasteiger partial charge in [0.15, 0.2) is 0 Å². The van der Waals surface area contributed by atoms with Crippen molar-refractivity contribution in [3.8, 4) is 10.6 Å². The number of rotatable bonds is 6. The highest BCUT2D eigenvalue weighted by Gasteiger charge is 2.08. The number of aryl methyl sites for hydroxylation is 1. The van der Waals surface area contributed by atoms with Gasteiger partial charge in [-0.25, -0.2) is 4.39 Å². The van der Waals surface area contributed by atoms with Crippen LogP contribution in [0.5, 0.6) is 0 Å². The molecule has 0 aliphatic heterocycles. The first-order valence-corrected chi connectivity index (χ1v) is 7.80. The van der Waals surface area contributed by atoms with E-state index in [1.54, 1.807) is 23.5 Å². The van der Waals surface area contributed by atoms with Crippen LogP contribution in [-0.2, 0) is 6.42 Å². The van der Waals surface area contributed by atoms with Crippen LogP contribution in [-0.4, -0.2) is 23.3 Å². The molecule has 0 atom stereocenters. The van der Waals surface area contributed by atoms with Gasteiger partial charge in [0.2, 0.25) is 0 Å². The molecule has 102 valence electrons. The second kappa shape index (κ2) is 7.07. The van der Waals surface area contributed by atoms with Crippen molar-refractivity contribution < 1.29 is 4.39 Å². The molecule has 0 bridgehead atoms. The Morgan fingerprint density at radius 3 is 2.95 bits per heavy atom. The second-order valence-corrected chi connectivity index (χ2v) is 6.00. The molecule has 1 heterocycles. The van der Waals surface area contributed by atoms with Gasteiger partial charge < -0.3 is 5.32 Å². The molecule has 0 radical (unpaired) electrons. The van der Waals surface area contributed by atoms with Gasteiger partial charge >= 0.3 is 0 Å². The van der Waals surface area contributed by atoms with Crippen molar-refractivity contribution in [1.29, 1.82) is 0 Å². The van der Waals surface area contributed by atoms with E-state index in [2.05, 4.69) is 38.4 Å². The SMILES string of the molecule is CCNCCCc1nnc(-c2ccc(F)c(Br)c2)s1. The summed E-state index contributed by atoms with van der Waals surface area (Å²) in [5.41, 5.74) is 0.892. The van der Waals surface area contributed by atoms with Crippen molar-refractivity contribution in [3.63, 3.8) is 0 Å². The van der Waals surface area contributed by atoms with Gasteiger partial charge in [0.25, 0.3) is 0 Å². The smallest absolute Gasteiger partial charge is 0.147 e. The largest absolute Gasteiger partial charge is 0.317 e. The zero-order valence-corrected chi connectivity index (χ0v) is 13.0. The first kappa shape index (κ1) is 14.6. The Hall–Kier alpha value is -0.850. The van der Waals surface area contributed by atoms with Crippen LogP contribution in [0.2, 0.25) is 0 Å². The van der Waals surface area contributed by atoms with Crippen LogP contribution in [0.4, 0.5) is 4.39 Å². The second-order valence-electron chi connectivity index (χ2n) is 4.09. The monoisotopic (exact) mass is 343 g/mol. The van der Waals surface area contributed by atoms with E-state index >= 15 is 0 Å². The van der Waals surface area contributed by atoms with Gasteiger partial charge in [-0.1, -0.05) is 18.3 Å². The number of benzene rings is 1. The molecule has 0 unspecified atom stereocenters. The fraction of sp³-hybridized carbons (Fsp3) is 0.385. The lowest BCUT2D eigenvalue weighted by atomic mass is 10.2. The molecule has 0 aliphatic rings. The molecule has 1 aromatic heterocycles. The number of hydrogen-bond donors (Lipinski definition) is 1. The lowest BCUT2D eigenvalue weighted by molar-refractivity contribution is 0.621. The number of hydrogen-bond acceptors (Lipinski definition) is 4.